The molecule has 0 aliphatic heterocycles. The number of hydrogen-bond acceptors (Lipinski definition) is 3. The fourth-order valence-electron chi connectivity index (χ4n) is 1.44. The molecule has 1 atom stereocenters. The summed E-state index contributed by atoms with van der Waals surface area (Å²) < 4.78 is 5.19. The fraction of sp³-hybridized carbons (Fsp3) is 0.417. The molecule has 86 valence electrons. The smallest absolute Gasteiger partial charge is 0.122 e. The molecule has 0 saturated carbocycles. The summed E-state index contributed by atoms with van der Waals surface area (Å²) in [6.07, 6.45) is 0.406. The maximum atomic E-state index is 9.18. The predicted octanol–water partition coefficient (Wildman–Crippen LogP) is 2.41. The number of halogens is 1. The lowest BCUT2D eigenvalue weighted by atomic mass is 9.86. The van der Waals surface area contributed by atoms with Gasteiger partial charge in [-0.15, -0.1) is 0 Å². The van der Waals surface area contributed by atoms with E-state index in [1.807, 2.05) is 0 Å². The Hall–Kier alpha value is -1.24. The third kappa shape index (κ3) is 2.88. The van der Waals surface area contributed by atoms with Gasteiger partial charge in [0.15, 0.2) is 0 Å². The highest BCUT2D eigenvalue weighted by molar-refractivity contribution is 6.30. The molecular formula is C12H14ClNO2. The minimum atomic E-state index is -0.808. The lowest BCUT2D eigenvalue weighted by Crippen LogP contribution is -2.22. The first-order valence-electron chi connectivity index (χ1n) is 4.89. The number of methoxy groups -OCH3 is 1. The van der Waals surface area contributed by atoms with E-state index in [0.29, 0.717) is 17.2 Å². The summed E-state index contributed by atoms with van der Waals surface area (Å²) in [5.41, 5.74) is 0.0194. The van der Waals surface area contributed by atoms with E-state index in [1.165, 1.54) is 0 Å². The van der Waals surface area contributed by atoms with Crippen molar-refractivity contribution in [3.8, 4) is 11.8 Å². The summed E-state index contributed by atoms with van der Waals surface area (Å²) in [4.78, 5) is 0. The van der Waals surface area contributed by atoms with Gasteiger partial charge in [0.2, 0.25) is 0 Å². The van der Waals surface area contributed by atoms with Crippen LogP contribution in [0.25, 0.3) is 0 Å². The van der Waals surface area contributed by atoms with E-state index in [4.69, 9.17) is 21.6 Å². The zero-order valence-electron chi connectivity index (χ0n) is 9.33. The van der Waals surface area contributed by atoms with Crippen LogP contribution in [-0.4, -0.2) is 18.8 Å². The van der Waals surface area contributed by atoms with Crippen LogP contribution in [0.3, 0.4) is 0 Å². The highest BCUT2D eigenvalue weighted by atomic mass is 35.5. The number of nitriles is 1. The number of ether oxygens (including phenoxy) is 1. The van der Waals surface area contributed by atoms with Crippen LogP contribution in [0.1, 0.15) is 12.5 Å². The molecule has 0 aromatic heterocycles. The van der Waals surface area contributed by atoms with Crippen LogP contribution in [0.2, 0.25) is 5.02 Å². The van der Waals surface area contributed by atoms with Gasteiger partial charge >= 0.3 is 0 Å². The summed E-state index contributed by atoms with van der Waals surface area (Å²) >= 11 is 5.89. The Morgan fingerprint density at radius 2 is 2.25 bits per heavy atom. The van der Waals surface area contributed by atoms with Crippen molar-refractivity contribution >= 4 is 11.6 Å². The Bertz CT molecular complexity index is 414. The average Bonchev–Trinajstić information content (AvgIpc) is 2.29. The number of rotatable bonds is 4. The molecule has 1 N–H and O–H groups in total. The molecule has 0 heterocycles. The van der Waals surface area contributed by atoms with Crippen molar-refractivity contribution in [2.24, 2.45) is 5.41 Å². The van der Waals surface area contributed by atoms with Gasteiger partial charge in [0.05, 0.1) is 25.2 Å². The Kier molecular flexibility index (Phi) is 4.17. The Balaban J connectivity index is 3.04. The normalized spacial score (nSPS) is 13.9. The van der Waals surface area contributed by atoms with Gasteiger partial charge in [-0.05, 0) is 37.1 Å². The van der Waals surface area contributed by atoms with Gasteiger partial charge in [0.1, 0.15) is 5.75 Å². The summed E-state index contributed by atoms with van der Waals surface area (Å²) in [5, 5.41) is 18.8. The zero-order valence-corrected chi connectivity index (χ0v) is 10.1. The maximum Gasteiger partial charge on any atom is 0.122 e. The quantitative estimate of drug-likeness (QED) is 0.878. The zero-order chi connectivity index (χ0) is 12.2. The second kappa shape index (κ2) is 5.20. The summed E-state index contributed by atoms with van der Waals surface area (Å²) in [6, 6.07) is 7.34. The summed E-state index contributed by atoms with van der Waals surface area (Å²) in [5.74, 6) is 0.680. The number of benzene rings is 1. The maximum absolute atomic E-state index is 9.18. The lowest BCUT2D eigenvalue weighted by Gasteiger charge is -2.19. The molecule has 1 aromatic carbocycles. The summed E-state index contributed by atoms with van der Waals surface area (Å²) in [7, 11) is 1.56. The first kappa shape index (κ1) is 12.8. The number of nitrogens with zero attached hydrogens (tertiary/aromatic N) is 1. The van der Waals surface area contributed by atoms with Gasteiger partial charge in [0, 0.05) is 5.02 Å². The second-order valence-electron chi connectivity index (χ2n) is 3.96. The molecule has 1 rings (SSSR count). The Morgan fingerprint density at radius 3 is 2.75 bits per heavy atom. The highest BCUT2D eigenvalue weighted by Crippen LogP contribution is 2.29. The van der Waals surface area contributed by atoms with Crippen molar-refractivity contribution in [3.63, 3.8) is 0 Å². The van der Waals surface area contributed by atoms with E-state index < -0.39 is 5.41 Å². The molecule has 4 heteroatoms. The van der Waals surface area contributed by atoms with E-state index in [9.17, 15) is 5.11 Å². The van der Waals surface area contributed by atoms with Gasteiger partial charge in [-0.1, -0.05) is 11.6 Å². The SMILES string of the molecule is COc1ccc(Cl)cc1CC(C)(C#N)CO. The molecule has 0 fully saturated rings. The molecule has 0 spiro atoms. The van der Waals surface area contributed by atoms with Crippen LogP contribution in [0.15, 0.2) is 18.2 Å². The Morgan fingerprint density at radius 1 is 1.56 bits per heavy atom. The Labute approximate surface area is 100 Å². The second-order valence-corrected chi connectivity index (χ2v) is 4.40. The molecule has 16 heavy (non-hydrogen) atoms. The van der Waals surface area contributed by atoms with Crippen LogP contribution in [0, 0.1) is 16.7 Å². The lowest BCUT2D eigenvalue weighted by molar-refractivity contribution is 0.189. The van der Waals surface area contributed by atoms with Crippen molar-refractivity contribution in [1.29, 1.82) is 5.26 Å². The van der Waals surface area contributed by atoms with Gasteiger partial charge in [-0.25, -0.2) is 0 Å². The minimum Gasteiger partial charge on any atom is -0.496 e. The van der Waals surface area contributed by atoms with Crippen LogP contribution in [0.4, 0.5) is 0 Å². The number of hydrogen-bond donors (Lipinski definition) is 1. The first-order chi connectivity index (χ1) is 7.54. The molecule has 3 nitrogen and oxygen atoms in total. The molecule has 0 radical (unpaired) electrons. The van der Waals surface area contributed by atoms with E-state index >= 15 is 0 Å². The third-order valence-electron chi connectivity index (χ3n) is 2.44. The van der Waals surface area contributed by atoms with E-state index in [0.717, 1.165) is 5.56 Å². The molecule has 1 aromatic rings. The van der Waals surface area contributed by atoms with Crippen LogP contribution in [0.5, 0.6) is 5.75 Å². The topological polar surface area (TPSA) is 53.2 Å². The van der Waals surface area contributed by atoms with Crippen molar-refractivity contribution in [2.45, 2.75) is 13.3 Å². The molecule has 0 bridgehead atoms. The van der Waals surface area contributed by atoms with Gasteiger partial charge in [0.25, 0.3) is 0 Å². The monoisotopic (exact) mass is 239 g/mol. The average molecular weight is 240 g/mol. The number of aliphatic hydroxyl groups is 1. The summed E-state index contributed by atoms with van der Waals surface area (Å²) in [6.45, 7) is 1.51. The number of aliphatic hydroxyl groups excluding tert-OH is 1. The van der Waals surface area contributed by atoms with Crippen molar-refractivity contribution in [1.82, 2.24) is 0 Å². The highest BCUT2D eigenvalue weighted by Gasteiger charge is 2.25. The predicted molar refractivity (Wildman–Crippen MR) is 62.5 cm³/mol. The van der Waals surface area contributed by atoms with Gasteiger partial charge in [-0.3, -0.25) is 0 Å². The molecule has 1 unspecified atom stereocenters. The van der Waals surface area contributed by atoms with E-state index in [2.05, 4.69) is 6.07 Å². The first-order valence-corrected chi connectivity index (χ1v) is 5.27. The standard InChI is InChI=1S/C12H14ClNO2/c1-12(7-14,8-15)6-9-5-10(13)3-4-11(9)16-2/h3-5,15H,6,8H2,1-2H3. The van der Waals surface area contributed by atoms with Crippen LogP contribution >= 0.6 is 11.6 Å². The molecule has 0 amide bonds. The van der Waals surface area contributed by atoms with Gasteiger partial charge < -0.3 is 9.84 Å². The largest absolute Gasteiger partial charge is 0.496 e. The molecule has 0 aliphatic carbocycles. The molecule has 0 saturated heterocycles. The third-order valence-corrected chi connectivity index (χ3v) is 2.68. The van der Waals surface area contributed by atoms with E-state index in [-0.39, 0.29) is 6.61 Å². The van der Waals surface area contributed by atoms with Crippen molar-refractivity contribution in [3.05, 3.63) is 28.8 Å². The van der Waals surface area contributed by atoms with Crippen molar-refractivity contribution < 1.29 is 9.84 Å². The molecular weight excluding hydrogens is 226 g/mol. The van der Waals surface area contributed by atoms with Crippen molar-refractivity contribution in [2.75, 3.05) is 13.7 Å². The molecule has 0 aliphatic rings. The van der Waals surface area contributed by atoms with Crippen LogP contribution in [-0.2, 0) is 6.42 Å². The fourth-order valence-corrected chi connectivity index (χ4v) is 1.63. The van der Waals surface area contributed by atoms with Gasteiger partial charge in [-0.2, -0.15) is 5.26 Å². The van der Waals surface area contributed by atoms with E-state index in [1.54, 1.807) is 32.2 Å². The van der Waals surface area contributed by atoms with Crippen LogP contribution < -0.4 is 4.74 Å². The minimum absolute atomic E-state index is 0.195.